The zero-order chi connectivity index (χ0) is 14.0. The van der Waals surface area contributed by atoms with Crippen molar-refractivity contribution < 1.29 is 9.53 Å². The number of pyridine rings is 1. The Morgan fingerprint density at radius 3 is 2.68 bits per heavy atom. The second kappa shape index (κ2) is 6.08. The molecule has 0 unspecified atom stereocenters. The summed E-state index contributed by atoms with van der Waals surface area (Å²) in [5, 5.41) is 1.71. The van der Waals surface area contributed by atoms with E-state index >= 15 is 0 Å². The molecular formula is C12H12Cl3NO2S. The molecule has 1 aliphatic rings. The summed E-state index contributed by atoms with van der Waals surface area (Å²) in [5.41, 5.74) is 0.0227. The van der Waals surface area contributed by atoms with E-state index in [4.69, 9.17) is 39.5 Å². The maximum absolute atomic E-state index is 11.3. The van der Waals surface area contributed by atoms with Gasteiger partial charge in [-0.25, -0.2) is 4.98 Å². The summed E-state index contributed by atoms with van der Waals surface area (Å²) >= 11 is 19.3. The third-order valence-corrected chi connectivity index (χ3v) is 5.49. The van der Waals surface area contributed by atoms with Crippen LogP contribution in [0.25, 0.3) is 0 Å². The Hall–Kier alpha value is -0.160. The molecule has 0 radical (unpaired) electrons. The number of aromatic nitrogens is 1. The van der Waals surface area contributed by atoms with E-state index in [1.54, 1.807) is 6.07 Å². The molecule has 1 aliphatic carbocycles. The molecule has 0 amide bonds. The molecule has 104 valence electrons. The minimum atomic E-state index is -0.175. The van der Waals surface area contributed by atoms with Gasteiger partial charge in [0.25, 0.3) is 0 Å². The van der Waals surface area contributed by atoms with Crippen LogP contribution in [-0.2, 0) is 9.53 Å². The van der Waals surface area contributed by atoms with Gasteiger partial charge in [0.05, 0.1) is 23.6 Å². The van der Waals surface area contributed by atoms with Crippen LogP contribution in [-0.4, -0.2) is 23.8 Å². The molecule has 7 heteroatoms. The highest BCUT2D eigenvalue weighted by Gasteiger charge is 2.44. The number of carbonyl (C=O) groups is 1. The summed E-state index contributed by atoms with van der Waals surface area (Å²) in [6.45, 7) is 0. The Labute approximate surface area is 131 Å². The third-order valence-electron chi connectivity index (χ3n) is 3.07. The molecule has 0 spiro atoms. The first-order valence-electron chi connectivity index (χ1n) is 5.67. The SMILES string of the molecule is COC(=O)CC1(CSc2nc(Cl)c(Cl)cc2Cl)CC1. The predicted molar refractivity (Wildman–Crippen MR) is 78.3 cm³/mol. The lowest BCUT2D eigenvalue weighted by molar-refractivity contribution is -0.141. The Morgan fingerprint density at radius 2 is 2.11 bits per heavy atom. The van der Waals surface area contributed by atoms with Crippen molar-refractivity contribution >= 4 is 52.5 Å². The quantitative estimate of drug-likeness (QED) is 0.450. The van der Waals surface area contributed by atoms with Gasteiger partial charge >= 0.3 is 5.97 Å². The van der Waals surface area contributed by atoms with Gasteiger partial charge in [-0.15, -0.1) is 11.8 Å². The molecule has 2 rings (SSSR count). The molecule has 0 N–H and O–H groups in total. The van der Waals surface area contributed by atoms with Crippen molar-refractivity contribution in [3.05, 3.63) is 21.3 Å². The highest BCUT2D eigenvalue weighted by molar-refractivity contribution is 7.99. The van der Waals surface area contributed by atoms with Crippen molar-refractivity contribution in [2.24, 2.45) is 5.41 Å². The standard InChI is InChI=1S/C12H12Cl3NO2S/c1-18-9(17)5-12(2-3-12)6-19-11-8(14)4-7(13)10(15)16-11/h4H,2-3,5-6H2,1H3. The van der Waals surface area contributed by atoms with Crippen molar-refractivity contribution in [1.82, 2.24) is 4.98 Å². The highest BCUT2D eigenvalue weighted by Crippen LogP contribution is 2.52. The summed E-state index contributed by atoms with van der Waals surface area (Å²) in [7, 11) is 1.41. The second-order valence-corrected chi connectivity index (χ2v) is 6.73. The van der Waals surface area contributed by atoms with E-state index in [-0.39, 0.29) is 16.5 Å². The molecule has 19 heavy (non-hydrogen) atoms. The van der Waals surface area contributed by atoms with Gasteiger partial charge in [0, 0.05) is 5.75 Å². The van der Waals surface area contributed by atoms with E-state index in [1.165, 1.54) is 18.9 Å². The van der Waals surface area contributed by atoms with Crippen molar-refractivity contribution in [2.75, 3.05) is 12.9 Å². The first-order chi connectivity index (χ1) is 8.96. The molecule has 1 saturated carbocycles. The van der Waals surface area contributed by atoms with Gasteiger partial charge in [0.1, 0.15) is 10.2 Å². The maximum atomic E-state index is 11.3. The largest absolute Gasteiger partial charge is 0.469 e. The Bertz CT molecular complexity index is 506. The normalized spacial score (nSPS) is 16.2. The number of rotatable bonds is 5. The van der Waals surface area contributed by atoms with E-state index in [2.05, 4.69) is 4.98 Å². The minimum Gasteiger partial charge on any atom is -0.469 e. The van der Waals surface area contributed by atoms with Gasteiger partial charge < -0.3 is 4.74 Å². The molecule has 1 aromatic rings. The predicted octanol–water partition coefficient (Wildman–Crippen LogP) is 4.48. The molecule has 0 saturated heterocycles. The highest BCUT2D eigenvalue weighted by atomic mass is 35.5. The lowest BCUT2D eigenvalue weighted by atomic mass is 10.1. The third kappa shape index (κ3) is 3.91. The van der Waals surface area contributed by atoms with E-state index in [0.717, 1.165) is 18.6 Å². The molecular weight excluding hydrogens is 329 g/mol. The zero-order valence-electron chi connectivity index (χ0n) is 10.2. The number of thioether (sulfide) groups is 1. The molecule has 0 aliphatic heterocycles. The fourth-order valence-corrected chi connectivity index (χ4v) is 3.58. The topological polar surface area (TPSA) is 39.2 Å². The van der Waals surface area contributed by atoms with Gasteiger partial charge in [-0.1, -0.05) is 34.8 Å². The van der Waals surface area contributed by atoms with E-state index in [1.807, 2.05) is 0 Å². The molecule has 1 fully saturated rings. The van der Waals surface area contributed by atoms with Crippen LogP contribution in [0.1, 0.15) is 19.3 Å². The van der Waals surface area contributed by atoms with Crippen LogP contribution in [0.2, 0.25) is 15.2 Å². The monoisotopic (exact) mass is 339 g/mol. The number of carbonyl (C=O) groups excluding carboxylic acids is 1. The van der Waals surface area contributed by atoms with Crippen LogP contribution in [0.3, 0.4) is 0 Å². The minimum absolute atomic E-state index is 0.0227. The second-order valence-electron chi connectivity index (χ2n) is 4.59. The van der Waals surface area contributed by atoms with Crippen LogP contribution in [0.15, 0.2) is 11.1 Å². The van der Waals surface area contributed by atoms with Crippen LogP contribution < -0.4 is 0 Å². The molecule has 1 aromatic heterocycles. The molecule has 0 atom stereocenters. The van der Waals surface area contributed by atoms with Crippen LogP contribution in [0, 0.1) is 5.41 Å². The van der Waals surface area contributed by atoms with E-state index in [9.17, 15) is 4.79 Å². The molecule has 1 heterocycles. The van der Waals surface area contributed by atoms with E-state index < -0.39 is 0 Å². The smallest absolute Gasteiger partial charge is 0.306 e. The first kappa shape index (κ1) is 15.2. The van der Waals surface area contributed by atoms with Crippen LogP contribution in [0.4, 0.5) is 0 Å². The van der Waals surface area contributed by atoms with E-state index in [0.29, 0.717) is 21.5 Å². The summed E-state index contributed by atoms with van der Waals surface area (Å²) in [5.74, 6) is 0.596. The number of ether oxygens (including phenoxy) is 1. The summed E-state index contributed by atoms with van der Waals surface area (Å²) in [6.07, 6.45) is 2.48. The van der Waals surface area contributed by atoms with Gasteiger partial charge in [0.15, 0.2) is 0 Å². The summed E-state index contributed by atoms with van der Waals surface area (Å²) in [4.78, 5) is 15.5. The van der Waals surface area contributed by atoms with Crippen LogP contribution in [0.5, 0.6) is 0 Å². The number of nitrogens with zero attached hydrogens (tertiary/aromatic N) is 1. The van der Waals surface area contributed by atoms with Gasteiger partial charge in [-0.2, -0.15) is 0 Å². The maximum Gasteiger partial charge on any atom is 0.306 e. The summed E-state index contributed by atoms with van der Waals surface area (Å²) < 4.78 is 4.71. The van der Waals surface area contributed by atoms with Crippen LogP contribution >= 0.6 is 46.6 Å². The average molecular weight is 341 g/mol. The first-order valence-corrected chi connectivity index (χ1v) is 7.79. The molecule has 0 aromatic carbocycles. The Morgan fingerprint density at radius 1 is 1.42 bits per heavy atom. The van der Waals surface area contributed by atoms with Gasteiger partial charge in [-0.05, 0) is 24.3 Å². The van der Waals surface area contributed by atoms with Crippen molar-refractivity contribution in [2.45, 2.75) is 24.3 Å². The van der Waals surface area contributed by atoms with Gasteiger partial charge in [-0.3, -0.25) is 4.79 Å². The summed E-state index contributed by atoms with van der Waals surface area (Å²) in [6, 6.07) is 1.58. The number of hydrogen-bond donors (Lipinski definition) is 0. The molecule has 0 bridgehead atoms. The average Bonchev–Trinajstić information content (AvgIpc) is 3.12. The number of halogens is 3. The fourth-order valence-electron chi connectivity index (χ4n) is 1.68. The lowest BCUT2D eigenvalue weighted by Gasteiger charge is -2.13. The Kier molecular flexibility index (Phi) is 4.88. The number of esters is 1. The van der Waals surface area contributed by atoms with Crippen molar-refractivity contribution in [1.29, 1.82) is 0 Å². The van der Waals surface area contributed by atoms with Crippen molar-refractivity contribution in [3.63, 3.8) is 0 Å². The Balaban J connectivity index is 1.99. The van der Waals surface area contributed by atoms with Crippen molar-refractivity contribution in [3.8, 4) is 0 Å². The van der Waals surface area contributed by atoms with Gasteiger partial charge in [0.2, 0.25) is 0 Å². The fraction of sp³-hybridized carbons (Fsp3) is 0.500. The number of methoxy groups -OCH3 is 1. The molecule has 3 nitrogen and oxygen atoms in total. The number of hydrogen-bond acceptors (Lipinski definition) is 4. The lowest BCUT2D eigenvalue weighted by Crippen LogP contribution is -2.13. The zero-order valence-corrected chi connectivity index (χ0v) is 13.3.